The predicted octanol–water partition coefficient (Wildman–Crippen LogP) is 2.63. The third-order valence-corrected chi connectivity index (χ3v) is 7.55. The van der Waals surface area contributed by atoms with Gasteiger partial charge in [0.25, 0.3) is 0 Å². The Hall–Kier alpha value is -1.96. The molecule has 0 saturated carbocycles. The zero-order chi connectivity index (χ0) is 25.4. The number of hydrogen-bond acceptors (Lipinski definition) is 7. The van der Waals surface area contributed by atoms with E-state index in [1.807, 2.05) is 44.2 Å². The predicted molar refractivity (Wildman–Crippen MR) is 154 cm³/mol. The van der Waals surface area contributed by atoms with Gasteiger partial charge in [0.1, 0.15) is 6.10 Å². The van der Waals surface area contributed by atoms with Crippen LogP contribution < -0.4 is 11.1 Å². The van der Waals surface area contributed by atoms with E-state index in [-0.39, 0.29) is 57.0 Å². The number of benzene rings is 2. The molecule has 0 radical (unpaired) electrons. The number of ether oxygens (including phenoxy) is 2. The number of nitrogens with two attached hydrogens (primary N) is 1. The van der Waals surface area contributed by atoms with E-state index in [1.54, 1.807) is 0 Å². The van der Waals surface area contributed by atoms with Crippen molar-refractivity contribution in [3.8, 4) is 0 Å². The van der Waals surface area contributed by atoms with Crippen molar-refractivity contribution in [1.82, 2.24) is 9.62 Å². The highest BCUT2D eigenvalue weighted by Crippen LogP contribution is 2.20. The molecule has 1 aliphatic heterocycles. The molecule has 2 aromatic rings. The topological polar surface area (TPSA) is 131 Å². The Kier molecular flexibility index (Phi) is 13.8. The molecule has 4 N–H and O–H groups in total. The van der Waals surface area contributed by atoms with Crippen molar-refractivity contribution in [1.29, 1.82) is 0 Å². The second-order valence-corrected chi connectivity index (χ2v) is 11.1. The van der Waals surface area contributed by atoms with Crippen molar-refractivity contribution >= 4 is 48.8 Å². The highest BCUT2D eigenvalue weighted by molar-refractivity contribution is 7.89. The van der Waals surface area contributed by atoms with E-state index in [0.29, 0.717) is 31.7 Å². The van der Waals surface area contributed by atoms with Gasteiger partial charge in [0.15, 0.2) is 0 Å². The fourth-order valence-electron chi connectivity index (χ4n) is 3.90. The minimum atomic E-state index is -3.90. The summed E-state index contributed by atoms with van der Waals surface area (Å²) in [6.07, 6.45) is -1.29. The number of amides is 1. The van der Waals surface area contributed by atoms with Crippen LogP contribution in [0.15, 0.2) is 59.5 Å². The highest BCUT2D eigenvalue weighted by atomic mass is 32.2. The Morgan fingerprint density at radius 2 is 1.78 bits per heavy atom. The zero-order valence-electron chi connectivity index (χ0n) is 21.2. The normalized spacial score (nSPS) is 16.9. The Balaban J connectivity index is 0.00000342. The lowest BCUT2D eigenvalue weighted by atomic mass is 10.0. The van der Waals surface area contributed by atoms with Crippen molar-refractivity contribution in [2.24, 2.45) is 5.92 Å². The molecular formula is C25H39N3O6S3. The first-order chi connectivity index (χ1) is 16.6. The molecule has 1 fully saturated rings. The second kappa shape index (κ2) is 15.5. The molecular weight excluding hydrogens is 534 g/mol. The summed E-state index contributed by atoms with van der Waals surface area (Å²) in [6.45, 7) is 4.67. The maximum atomic E-state index is 13.4. The Labute approximate surface area is 233 Å². The number of nitrogen functional groups attached to an aromatic ring is 1. The van der Waals surface area contributed by atoms with Gasteiger partial charge in [-0.3, -0.25) is 0 Å². The van der Waals surface area contributed by atoms with Gasteiger partial charge in [-0.2, -0.15) is 31.3 Å². The van der Waals surface area contributed by atoms with Gasteiger partial charge in [-0.1, -0.05) is 44.2 Å². The van der Waals surface area contributed by atoms with Crippen LogP contribution in [0.1, 0.15) is 25.8 Å². The average molecular weight is 574 g/mol. The number of anilines is 1. The summed E-state index contributed by atoms with van der Waals surface area (Å²) in [5, 5.41) is 13.9. The lowest BCUT2D eigenvalue weighted by Crippen LogP contribution is -2.51. The molecule has 0 spiro atoms. The average Bonchev–Trinajstić information content (AvgIpc) is 3.31. The number of nitrogens with zero attached hydrogens (tertiary/aromatic N) is 1. The SMILES string of the molecule is CC(C)CN(C[C@@H](O)[C@H](Cc1ccccc1)NC(=O)O[C@H]1CCOC1)S(=O)(=O)c1ccc(N)cc1.S.S. The monoisotopic (exact) mass is 573 g/mol. The number of alkyl carbamates (subject to hydrolysis) is 1. The fourth-order valence-corrected chi connectivity index (χ4v) is 5.52. The quantitative estimate of drug-likeness (QED) is 0.352. The number of sulfonamides is 1. The van der Waals surface area contributed by atoms with Gasteiger partial charge in [-0.15, -0.1) is 0 Å². The number of rotatable bonds is 11. The third kappa shape index (κ3) is 10.0. The second-order valence-electron chi connectivity index (χ2n) is 9.18. The minimum absolute atomic E-state index is 0. The third-order valence-electron chi connectivity index (χ3n) is 5.71. The number of carbonyl (C=O) groups is 1. The summed E-state index contributed by atoms with van der Waals surface area (Å²) in [5.41, 5.74) is 7.06. The van der Waals surface area contributed by atoms with E-state index >= 15 is 0 Å². The first kappa shape index (κ1) is 33.1. The van der Waals surface area contributed by atoms with Gasteiger partial charge >= 0.3 is 6.09 Å². The lowest BCUT2D eigenvalue weighted by molar-refractivity contribution is 0.0644. The van der Waals surface area contributed by atoms with Crippen molar-refractivity contribution in [2.45, 2.75) is 49.8 Å². The standard InChI is InChI=1S/C25H35N3O6S.2H2S/c1-18(2)15-28(35(31,32)22-10-8-20(26)9-11-22)16-24(29)23(14-19-6-4-3-5-7-19)27-25(30)34-21-12-13-33-17-21;;/h3-11,18,21,23-24,29H,12-17,26H2,1-2H3,(H,27,30);2*1H2/t21-,23-,24+;;/m0../s1. The number of aliphatic hydroxyl groups excluding tert-OH is 1. The van der Waals surface area contributed by atoms with Crippen LogP contribution in [-0.2, 0) is 25.9 Å². The summed E-state index contributed by atoms with van der Waals surface area (Å²) in [7, 11) is -3.90. The van der Waals surface area contributed by atoms with Crippen LogP contribution in [0.2, 0.25) is 0 Å². The van der Waals surface area contributed by atoms with Gasteiger partial charge in [-0.25, -0.2) is 13.2 Å². The van der Waals surface area contributed by atoms with E-state index in [4.69, 9.17) is 15.2 Å². The van der Waals surface area contributed by atoms with E-state index in [1.165, 1.54) is 28.6 Å². The summed E-state index contributed by atoms with van der Waals surface area (Å²) >= 11 is 0. The van der Waals surface area contributed by atoms with Crippen molar-refractivity contribution < 1.29 is 27.8 Å². The van der Waals surface area contributed by atoms with Gasteiger partial charge in [0, 0.05) is 25.2 Å². The molecule has 9 nitrogen and oxygen atoms in total. The van der Waals surface area contributed by atoms with Crippen LogP contribution >= 0.6 is 27.0 Å². The van der Waals surface area contributed by atoms with Gasteiger partial charge < -0.3 is 25.6 Å². The number of hydrogen-bond donors (Lipinski definition) is 3. The lowest BCUT2D eigenvalue weighted by Gasteiger charge is -2.30. The van der Waals surface area contributed by atoms with Crippen LogP contribution in [0, 0.1) is 5.92 Å². The summed E-state index contributed by atoms with van der Waals surface area (Å²) in [4.78, 5) is 12.7. The van der Waals surface area contributed by atoms with Crippen molar-refractivity contribution in [3.63, 3.8) is 0 Å². The molecule has 37 heavy (non-hydrogen) atoms. The van der Waals surface area contributed by atoms with Gasteiger partial charge in [0.05, 0.1) is 30.3 Å². The molecule has 2 aromatic carbocycles. The first-order valence-electron chi connectivity index (χ1n) is 11.8. The molecule has 1 saturated heterocycles. The van der Waals surface area contributed by atoms with Crippen LogP contribution in [0.5, 0.6) is 0 Å². The smallest absolute Gasteiger partial charge is 0.407 e. The number of nitrogens with one attached hydrogen (secondary N) is 1. The highest BCUT2D eigenvalue weighted by Gasteiger charge is 2.32. The molecule has 1 amide bonds. The largest absolute Gasteiger partial charge is 0.444 e. The minimum Gasteiger partial charge on any atom is -0.444 e. The van der Waals surface area contributed by atoms with Gasteiger partial charge in [-0.05, 0) is 42.2 Å². The molecule has 0 aromatic heterocycles. The summed E-state index contributed by atoms with van der Waals surface area (Å²) in [6, 6.07) is 14.6. The molecule has 0 aliphatic carbocycles. The molecule has 3 atom stereocenters. The zero-order valence-corrected chi connectivity index (χ0v) is 24.0. The summed E-state index contributed by atoms with van der Waals surface area (Å²) in [5.74, 6) is 0.0126. The molecule has 3 rings (SSSR count). The Morgan fingerprint density at radius 3 is 2.35 bits per heavy atom. The first-order valence-corrected chi connectivity index (χ1v) is 13.2. The van der Waals surface area contributed by atoms with E-state index in [0.717, 1.165) is 5.56 Å². The van der Waals surface area contributed by atoms with E-state index in [9.17, 15) is 18.3 Å². The number of aliphatic hydroxyl groups is 1. The van der Waals surface area contributed by atoms with Crippen LogP contribution in [0.4, 0.5) is 10.5 Å². The molecule has 208 valence electrons. The summed E-state index contributed by atoms with van der Waals surface area (Å²) < 4.78 is 38.7. The molecule has 0 bridgehead atoms. The number of carbonyl (C=O) groups excluding carboxylic acids is 1. The van der Waals surface area contributed by atoms with Crippen LogP contribution in [-0.4, -0.2) is 68.5 Å². The maximum absolute atomic E-state index is 13.4. The molecule has 0 unspecified atom stereocenters. The van der Waals surface area contributed by atoms with Crippen molar-refractivity contribution in [2.75, 3.05) is 32.0 Å². The van der Waals surface area contributed by atoms with Crippen LogP contribution in [0.25, 0.3) is 0 Å². The molecule has 1 heterocycles. The van der Waals surface area contributed by atoms with Crippen molar-refractivity contribution in [3.05, 3.63) is 60.2 Å². The Bertz CT molecular complexity index is 1050. The van der Waals surface area contributed by atoms with E-state index < -0.39 is 28.3 Å². The Morgan fingerprint density at radius 1 is 1.14 bits per heavy atom. The van der Waals surface area contributed by atoms with Gasteiger partial charge in [0.2, 0.25) is 10.0 Å². The maximum Gasteiger partial charge on any atom is 0.407 e. The van der Waals surface area contributed by atoms with Crippen LogP contribution in [0.3, 0.4) is 0 Å². The fraction of sp³-hybridized carbons (Fsp3) is 0.480. The molecule has 12 heteroatoms. The van der Waals surface area contributed by atoms with E-state index in [2.05, 4.69) is 5.32 Å². The molecule has 1 aliphatic rings.